The van der Waals surface area contributed by atoms with E-state index in [4.69, 9.17) is 0 Å². The Labute approximate surface area is 77.4 Å². The van der Waals surface area contributed by atoms with Crippen LogP contribution in [0.2, 0.25) is 0 Å². The summed E-state index contributed by atoms with van der Waals surface area (Å²) in [7, 11) is 0. The Balaban J connectivity index is 3.78. The first-order valence-electron chi connectivity index (χ1n) is 4.86. The van der Waals surface area contributed by atoms with E-state index in [9.17, 15) is 0 Å². The lowest BCUT2D eigenvalue weighted by Crippen LogP contribution is -1.80. The molecule has 0 heterocycles. The Hall–Kier alpha value is -0.520. The molecule has 0 heteroatoms. The summed E-state index contributed by atoms with van der Waals surface area (Å²) in [6.45, 7) is 11.0. The lowest BCUT2D eigenvalue weighted by Gasteiger charge is -2.01. The van der Waals surface area contributed by atoms with Gasteiger partial charge in [-0.25, -0.2) is 0 Å². The molecule has 0 unspecified atom stereocenters. The highest BCUT2D eigenvalue weighted by Gasteiger charge is 1.91. The molecule has 70 valence electrons. The fourth-order valence-electron chi connectivity index (χ4n) is 0.929. The van der Waals surface area contributed by atoms with Gasteiger partial charge in [0.2, 0.25) is 0 Å². The van der Waals surface area contributed by atoms with Gasteiger partial charge in [-0.05, 0) is 47.0 Å². The fraction of sp³-hybridized carbons (Fsp3) is 0.667. The highest BCUT2D eigenvalue weighted by atomic mass is 14.0. The molecule has 0 saturated heterocycles. The van der Waals surface area contributed by atoms with Gasteiger partial charge in [-0.3, -0.25) is 0 Å². The van der Waals surface area contributed by atoms with Crippen molar-refractivity contribution in [2.75, 3.05) is 0 Å². The molecule has 0 saturated carbocycles. The maximum atomic E-state index is 2.35. The van der Waals surface area contributed by atoms with Crippen LogP contribution in [0.25, 0.3) is 0 Å². The first-order valence-corrected chi connectivity index (χ1v) is 4.86. The van der Waals surface area contributed by atoms with Crippen molar-refractivity contribution in [3.63, 3.8) is 0 Å². The van der Waals surface area contributed by atoms with Gasteiger partial charge in [0, 0.05) is 0 Å². The van der Waals surface area contributed by atoms with E-state index in [1.807, 2.05) is 0 Å². The first kappa shape index (κ1) is 11.5. The minimum absolute atomic E-state index is 1.19. The quantitative estimate of drug-likeness (QED) is 0.540. The Kier molecular flexibility index (Phi) is 5.79. The molecule has 0 aromatic carbocycles. The zero-order valence-electron chi connectivity index (χ0n) is 9.20. The predicted molar refractivity (Wildman–Crippen MR) is 57.3 cm³/mol. The standard InChI is InChI=1S/C12H22/c1-6-11(4)8-7-9-12(5)10(2)3/h8H,6-7,9H2,1-5H3. The summed E-state index contributed by atoms with van der Waals surface area (Å²) in [5.74, 6) is 0. The number of hydrogen-bond donors (Lipinski definition) is 0. The van der Waals surface area contributed by atoms with Gasteiger partial charge in [-0.2, -0.15) is 0 Å². The minimum atomic E-state index is 1.19. The molecule has 0 aromatic rings. The molecule has 0 bridgehead atoms. The molecule has 0 aliphatic rings. The van der Waals surface area contributed by atoms with Gasteiger partial charge in [0.15, 0.2) is 0 Å². The number of allylic oxidation sites excluding steroid dienone is 4. The molecule has 0 spiro atoms. The van der Waals surface area contributed by atoms with Crippen LogP contribution in [0.15, 0.2) is 22.8 Å². The zero-order chi connectivity index (χ0) is 9.56. The van der Waals surface area contributed by atoms with Crippen LogP contribution in [0.3, 0.4) is 0 Å². The molecule has 0 aliphatic heterocycles. The Bertz CT molecular complexity index is 178. The Morgan fingerprint density at radius 3 is 2.08 bits per heavy atom. The Morgan fingerprint density at radius 1 is 1.08 bits per heavy atom. The van der Waals surface area contributed by atoms with E-state index in [1.165, 1.54) is 36.0 Å². The summed E-state index contributed by atoms with van der Waals surface area (Å²) in [5, 5.41) is 0. The molecular weight excluding hydrogens is 144 g/mol. The summed E-state index contributed by atoms with van der Waals surface area (Å²) in [4.78, 5) is 0. The lowest BCUT2D eigenvalue weighted by molar-refractivity contribution is 0.933. The predicted octanol–water partition coefficient (Wildman–Crippen LogP) is 4.48. The van der Waals surface area contributed by atoms with Crippen LogP contribution in [0.1, 0.15) is 53.9 Å². The van der Waals surface area contributed by atoms with Crippen molar-refractivity contribution in [1.82, 2.24) is 0 Å². The molecule has 0 fully saturated rings. The third-order valence-electron chi connectivity index (χ3n) is 2.42. The van der Waals surface area contributed by atoms with Crippen molar-refractivity contribution < 1.29 is 0 Å². The van der Waals surface area contributed by atoms with Gasteiger partial charge in [-0.15, -0.1) is 0 Å². The molecule has 0 aromatic heterocycles. The number of hydrogen-bond acceptors (Lipinski definition) is 0. The van der Waals surface area contributed by atoms with E-state index in [0.29, 0.717) is 0 Å². The minimum Gasteiger partial charge on any atom is -0.0853 e. The van der Waals surface area contributed by atoms with E-state index in [1.54, 1.807) is 0 Å². The van der Waals surface area contributed by atoms with Gasteiger partial charge < -0.3 is 0 Å². The summed E-state index contributed by atoms with van der Waals surface area (Å²) in [5.41, 5.74) is 4.52. The summed E-state index contributed by atoms with van der Waals surface area (Å²) < 4.78 is 0. The van der Waals surface area contributed by atoms with Crippen LogP contribution in [0.5, 0.6) is 0 Å². The molecule has 12 heavy (non-hydrogen) atoms. The average Bonchev–Trinajstić information content (AvgIpc) is 2.03. The van der Waals surface area contributed by atoms with E-state index < -0.39 is 0 Å². The van der Waals surface area contributed by atoms with E-state index in [2.05, 4.69) is 40.7 Å². The average molecular weight is 166 g/mol. The molecule has 0 atom stereocenters. The smallest absolute Gasteiger partial charge is 0.0286 e. The van der Waals surface area contributed by atoms with Crippen LogP contribution in [0.4, 0.5) is 0 Å². The summed E-state index contributed by atoms with van der Waals surface area (Å²) in [6.07, 6.45) is 5.97. The van der Waals surface area contributed by atoms with E-state index >= 15 is 0 Å². The molecule has 0 amide bonds. The van der Waals surface area contributed by atoms with Gasteiger partial charge in [0.05, 0.1) is 0 Å². The van der Waals surface area contributed by atoms with Crippen LogP contribution in [-0.4, -0.2) is 0 Å². The normalized spacial score (nSPS) is 11.6. The van der Waals surface area contributed by atoms with Crippen molar-refractivity contribution in [3.05, 3.63) is 22.8 Å². The van der Waals surface area contributed by atoms with Crippen LogP contribution in [-0.2, 0) is 0 Å². The maximum Gasteiger partial charge on any atom is -0.0286 e. The number of rotatable bonds is 4. The fourth-order valence-corrected chi connectivity index (χ4v) is 0.929. The highest BCUT2D eigenvalue weighted by Crippen LogP contribution is 2.11. The zero-order valence-corrected chi connectivity index (χ0v) is 9.20. The van der Waals surface area contributed by atoms with Gasteiger partial charge in [0.1, 0.15) is 0 Å². The summed E-state index contributed by atoms with van der Waals surface area (Å²) in [6, 6.07) is 0. The molecule has 0 rings (SSSR count). The monoisotopic (exact) mass is 166 g/mol. The van der Waals surface area contributed by atoms with Crippen molar-refractivity contribution >= 4 is 0 Å². The molecule has 0 aliphatic carbocycles. The van der Waals surface area contributed by atoms with E-state index in [0.717, 1.165) is 0 Å². The molecule has 0 nitrogen and oxygen atoms in total. The van der Waals surface area contributed by atoms with Crippen LogP contribution < -0.4 is 0 Å². The second-order valence-corrected chi connectivity index (χ2v) is 3.72. The van der Waals surface area contributed by atoms with Gasteiger partial charge in [0.25, 0.3) is 0 Å². The van der Waals surface area contributed by atoms with Crippen LogP contribution >= 0.6 is 0 Å². The molecular formula is C12H22. The van der Waals surface area contributed by atoms with Gasteiger partial charge >= 0.3 is 0 Å². The van der Waals surface area contributed by atoms with Crippen LogP contribution in [0, 0.1) is 0 Å². The second kappa shape index (κ2) is 6.05. The lowest BCUT2D eigenvalue weighted by atomic mass is 10.1. The van der Waals surface area contributed by atoms with Crippen molar-refractivity contribution in [3.8, 4) is 0 Å². The maximum absolute atomic E-state index is 2.35. The largest absolute Gasteiger partial charge is 0.0853 e. The SMILES string of the molecule is CCC(C)=CCCC(C)=C(C)C. The second-order valence-electron chi connectivity index (χ2n) is 3.72. The van der Waals surface area contributed by atoms with Crippen molar-refractivity contribution in [2.24, 2.45) is 0 Å². The van der Waals surface area contributed by atoms with E-state index in [-0.39, 0.29) is 0 Å². The molecule has 0 N–H and O–H groups in total. The summed E-state index contributed by atoms with van der Waals surface area (Å²) >= 11 is 0. The first-order chi connectivity index (χ1) is 5.57. The van der Waals surface area contributed by atoms with Gasteiger partial charge in [-0.1, -0.05) is 29.7 Å². The highest BCUT2D eigenvalue weighted by molar-refractivity contribution is 5.08. The molecule has 0 radical (unpaired) electrons. The van der Waals surface area contributed by atoms with Crippen molar-refractivity contribution in [2.45, 2.75) is 53.9 Å². The third-order valence-corrected chi connectivity index (χ3v) is 2.42. The third kappa shape index (κ3) is 5.17. The Morgan fingerprint density at radius 2 is 1.67 bits per heavy atom. The topological polar surface area (TPSA) is 0 Å². The van der Waals surface area contributed by atoms with Crippen molar-refractivity contribution in [1.29, 1.82) is 0 Å².